The van der Waals surface area contributed by atoms with E-state index >= 15 is 0 Å². The van der Waals surface area contributed by atoms with Gasteiger partial charge in [-0.3, -0.25) is 0 Å². The van der Waals surface area contributed by atoms with Crippen LogP contribution < -0.4 is 4.74 Å². The molecule has 0 radical (unpaired) electrons. The average molecular weight is 304 g/mol. The summed E-state index contributed by atoms with van der Waals surface area (Å²) in [6, 6.07) is 11.9. The van der Waals surface area contributed by atoms with Gasteiger partial charge >= 0.3 is 0 Å². The summed E-state index contributed by atoms with van der Waals surface area (Å²) in [5, 5.41) is 12.7. The number of ether oxygens (including phenoxy) is 1. The number of hydrogen-bond acceptors (Lipinski definition) is 4. The molecule has 2 nitrogen and oxygen atoms in total. The molecule has 0 saturated heterocycles. The van der Waals surface area contributed by atoms with Crippen molar-refractivity contribution in [1.82, 2.24) is 0 Å². The molecule has 0 bridgehead atoms. The molecule has 3 rings (SSSR count). The van der Waals surface area contributed by atoms with Crippen molar-refractivity contribution in [2.75, 3.05) is 0 Å². The maximum Gasteiger partial charge on any atom is 0.125 e. The van der Waals surface area contributed by atoms with Crippen LogP contribution in [-0.4, -0.2) is 11.2 Å². The number of hydrogen-bond donors (Lipinski definition) is 1. The third-order valence-corrected chi connectivity index (χ3v) is 5.15. The first-order valence-electron chi connectivity index (χ1n) is 6.55. The molecule has 104 valence electrons. The van der Waals surface area contributed by atoms with Crippen LogP contribution in [0.3, 0.4) is 0 Å². The lowest BCUT2D eigenvalue weighted by Crippen LogP contribution is -2.09. The maximum atomic E-state index is 10.6. The summed E-state index contributed by atoms with van der Waals surface area (Å²) in [4.78, 5) is 0.964. The fourth-order valence-corrected chi connectivity index (χ4v) is 4.27. The van der Waals surface area contributed by atoms with Gasteiger partial charge in [-0.2, -0.15) is 0 Å². The molecule has 1 atom stereocenters. The van der Waals surface area contributed by atoms with Gasteiger partial charge < -0.3 is 9.84 Å². The van der Waals surface area contributed by atoms with Crippen LogP contribution >= 0.6 is 22.7 Å². The van der Waals surface area contributed by atoms with Gasteiger partial charge in [-0.1, -0.05) is 18.2 Å². The van der Waals surface area contributed by atoms with E-state index in [-0.39, 0.29) is 6.10 Å². The van der Waals surface area contributed by atoms with Gasteiger partial charge in [0.2, 0.25) is 0 Å². The molecule has 0 amide bonds. The van der Waals surface area contributed by atoms with Crippen molar-refractivity contribution in [2.24, 2.45) is 0 Å². The Bertz CT molecular complexity index is 683. The summed E-state index contributed by atoms with van der Waals surface area (Å²) in [5.41, 5.74) is 0.829. The molecule has 0 aliphatic carbocycles. The van der Waals surface area contributed by atoms with E-state index < -0.39 is 6.10 Å². The summed E-state index contributed by atoms with van der Waals surface area (Å²) in [6.45, 7) is 3.98. The lowest BCUT2D eigenvalue weighted by molar-refractivity contribution is 0.200. The van der Waals surface area contributed by atoms with Gasteiger partial charge in [0.05, 0.1) is 6.10 Å². The zero-order valence-electron chi connectivity index (χ0n) is 11.4. The van der Waals surface area contributed by atoms with E-state index in [1.54, 1.807) is 22.7 Å². The quantitative estimate of drug-likeness (QED) is 0.748. The van der Waals surface area contributed by atoms with Crippen LogP contribution in [0.2, 0.25) is 0 Å². The summed E-state index contributed by atoms with van der Waals surface area (Å²) < 4.78 is 8.25. The Morgan fingerprint density at radius 3 is 2.65 bits per heavy atom. The number of rotatable bonds is 4. The van der Waals surface area contributed by atoms with Crippen molar-refractivity contribution in [3.05, 3.63) is 52.2 Å². The minimum atomic E-state index is -0.630. The third kappa shape index (κ3) is 2.59. The normalized spacial score (nSPS) is 13.0. The number of benzene rings is 1. The van der Waals surface area contributed by atoms with Crippen molar-refractivity contribution in [3.8, 4) is 5.75 Å². The van der Waals surface area contributed by atoms with Crippen molar-refractivity contribution in [1.29, 1.82) is 0 Å². The van der Waals surface area contributed by atoms with E-state index in [1.165, 1.54) is 9.40 Å². The molecule has 4 heteroatoms. The molecule has 0 aliphatic heterocycles. The highest BCUT2D eigenvalue weighted by atomic mass is 32.1. The maximum absolute atomic E-state index is 10.6. The number of para-hydroxylation sites is 1. The predicted molar refractivity (Wildman–Crippen MR) is 86.0 cm³/mol. The van der Waals surface area contributed by atoms with E-state index in [4.69, 9.17) is 4.74 Å². The van der Waals surface area contributed by atoms with Gasteiger partial charge in [0.15, 0.2) is 0 Å². The lowest BCUT2D eigenvalue weighted by Gasteiger charge is -2.17. The van der Waals surface area contributed by atoms with Crippen LogP contribution in [0.4, 0.5) is 0 Å². The highest BCUT2D eigenvalue weighted by molar-refractivity contribution is 7.26. The fourth-order valence-electron chi connectivity index (χ4n) is 2.14. The molecule has 2 aromatic heterocycles. The second kappa shape index (κ2) is 5.56. The molecule has 1 aromatic carbocycles. The molecule has 2 heterocycles. The Labute approximate surface area is 126 Å². The molecule has 0 spiro atoms. The van der Waals surface area contributed by atoms with Crippen LogP contribution in [0.25, 0.3) is 9.40 Å². The molecule has 1 N–H and O–H groups in total. The molecule has 3 aromatic rings. The van der Waals surface area contributed by atoms with E-state index in [9.17, 15) is 5.11 Å². The van der Waals surface area contributed by atoms with Crippen LogP contribution in [-0.2, 0) is 0 Å². The van der Waals surface area contributed by atoms with Gasteiger partial charge in [-0.15, -0.1) is 22.7 Å². The number of fused-ring (bicyclic) bond motifs is 1. The van der Waals surface area contributed by atoms with Gasteiger partial charge in [0.25, 0.3) is 0 Å². The largest absolute Gasteiger partial charge is 0.491 e. The van der Waals surface area contributed by atoms with Crippen molar-refractivity contribution in [3.63, 3.8) is 0 Å². The SMILES string of the molecule is CC(C)Oc1ccccc1C(O)c1cc2sccc2s1. The second-order valence-electron chi connectivity index (χ2n) is 4.90. The number of aliphatic hydroxyl groups is 1. The summed E-state index contributed by atoms with van der Waals surface area (Å²) in [7, 11) is 0. The average Bonchev–Trinajstić information content (AvgIpc) is 2.98. The van der Waals surface area contributed by atoms with Crippen LogP contribution in [0.1, 0.15) is 30.4 Å². The summed E-state index contributed by atoms with van der Waals surface area (Å²) >= 11 is 3.34. The molecule has 0 fully saturated rings. The zero-order chi connectivity index (χ0) is 14.1. The van der Waals surface area contributed by atoms with Crippen LogP contribution in [0, 0.1) is 0 Å². The topological polar surface area (TPSA) is 29.5 Å². The standard InChI is InChI=1S/C16H16O2S2/c1-10(2)18-12-6-4-3-5-11(12)16(17)15-9-14-13(20-15)7-8-19-14/h3-10,16-17H,1-2H3. The monoisotopic (exact) mass is 304 g/mol. The van der Waals surface area contributed by atoms with Crippen molar-refractivity contribution >= 4 is 32.1 Å². The number of thiophene rings is 2. The minimum Gasteiger partial charge on any atom is -0.491 e. The Hall–Kier alpha value is -1.36. The Kier molecular flexibility index (Phi) is 3.78. The first-order chi connectivity index (χ1) is 9.65. The van der Waals surface area contributed by atoms with Crippen molar-refractivity contribution in [2.45, 2.75) is 26.1 Å². The first-order valence-corrected chi connectivity index (χ1v) is 8.25. The Morgan fingerprint density at radius 1 is 1.10 bits per heavy atom. The fraction of sp³-hybridized carbons (Fsp3) is 0.250. The van der Waals surface area contributed by atoms with Crippen LogP contribution in [0.5, 0.6) is 5.75 Å². The molecule has 0 aliphatic rings. The van der Waals surface area contributed by atoms with E-state index in [1.807, 2.05) is 38.1 Å². The molecular formula is C16H16O2S2. The lowest BCUT2D eigenvalue weighted by atomic mass is 10.1. The van der Waals surface area contributed by atoms with Gasteiger partial charge in [-0.25, -0.2) is 0 Å². The third-order valence-electron chi connectivity index (χ3n) is 3.00. The molecule has 1 unspecified atom stereocenters. The second-order valence-corrected chi connectivity index (χ2v) is 6.97. The highest BCUT2D eigenvalue weighted by Gasteiger charge is 2.18. The van der Waals surface area contributed by atoms with Gasteiger partial charge in [0.1, 0.15) is 11.9 Å². The highest BCUT2D eigenvalue weighted by Crippen LogP contribution is 2.38. The molecular weight excluding hydrogens is 288 g/mol. The zero-order valence-corrected chi connectivity index (χ0v) is 13.0. The Balaban J connectivity index is 1.97. The van der Waals surface area contributed by atoms with Crippen LogP contribution in [0.15, 0.2) is 41.8 Å². The predicted octanol–water partition coefficient (Wildman–Crippen LogP) is 4.83. The van der Waals surface area contributed by atoms with E-state index in [0.29, 0.717) is 0 Å². The first kappa shape index (κ1) is 13.6. The smallest absolute Gasteiger partial charge is 0.125 e. The van der Waals surface area contributed by atoms with Gasteiger partial charge in [-0.05, 0) is 37.4 Å². The number of aliphatic hydroxyl groups excluding tert-OH is 1. The summed E-state index contributed by atoms with van der Waals surface area (Å²) in [6.07, 6.45) is -0.537. The van der Waals surface area contributed by atoms with Gasteiger partial charge in [0, 0.05) is 19.8 Å². The Morgan fingerprint density at radius 2 is 1.90 bits per heavy atom. The van der Waals surface area contributed by atoms with E-state index in [2.05, 4.69) is 17.5 Å². The summed E-state index contributed by atoms with van der Waals surface area (Å²) in [5.74, 6) is 0.756. The van der Waals surface area contributed by atoms with E-state index in [0.717, 1.165) is 16.2 Å². The van der Waals surface area contributed by atoms with Crippen molar-refractivity contribution < 1.29 is 9.84 Å². The minimum absolute atomic E-state index is 0.0928. The molecule has 20 heavy (non-hydrogen) atoms. The molecule has 0 saturated carbocycles.